The zero-order valence-electron chi connectivity index (χ0n) is 13.0. The van der Waals surface area contributed by atoms with Crippen molar-refractivity contribution in [2.24, 2.45) is 0 Å². The summed E-state index contributed by atoms with van der Waals surface area (Å²) >= 11 is 3.18. The zero-order valence-corrected chi connectivity index (χ0v) is 14.7. The van der Waals surface area contributed by atoms with Crippen molar-refractivity contribution in [2.75, 3.05) is 26.0 Å². The molecule has 2 N–H and O–H groups in total. The van der Waals surface area contributed by atoms with Gasteiger partial charge in [-0.15, -0.1) is 0 Å². The van der Waals surface area contributed by atoms with Crippen LogP contribution >= 0.6 is 23.1 Å². The average molecular weight is 337 g/mol. The number of thiazole rings is 1. The van der Waals surface area contributed by atoms with Crippen LogP contribution in [-0.4, -0.2) is 31.6 Å². The van der Waals surface area contributed by atoms with Gasteiger partial charge in [0, 0.05) is 18.5 Å². The minimum absolute atomic E-state index is 0.124. The van der Waals surface area contributed by atoms with E-state index in [1.54, 1.807) is 30.2 Å². The molecule has 1 amide bonds. The molecule has 1 aromatic carbocycles. The number of aromatic nitrogens is 1. The highest BCUT2D eigenvalue weighted by Gasteiger charge is 2.16. The van der Waals surface area contributed by atoms with Crippen molar-refractivity contribution in [3.8, 4) is 5.75 Å². The maximum absolute atomic E-state index is 12.2. The van der Waals surface area contributed by atoms with Gasteiger partial charge < -0.3 is 15.4 Å². The summed E-state index contributed by atoms with van der Waals surface area (Å²) in [6.07, 6.45) is 1.83. The summed E-state index contributed by atoms with van der Waals surface area (Å²) in [5, 5.41) is 6.71. The van der Waals surface area contributed by atoms with Gasteiger partial charge in [-0.05, 0) is 31.5 Å². The fourth-order valence-electron chi connectivity index (χ4n) is 1.90. The number of nitrogens with one attached hydrogen (secondary N) is 2. The van der Waals surface area contributed by atoms with E-state index in [1.807, 2.05) is 39.2 Å². The van der Waals surface area contributed by atoms with Gasteiger partial charge in [0.25, 0.3) is 5.91 Å². The van der Waals surface area contributed by atoms with Gasteiger partial charge >= 0.3 is 0 Å². The molecule has 1 heterocycles. The van der Waals surface area contributed by atoms with Crippen LogP contribution in [0.15, 0.2) is 27.4 Å². The summed E-state index contributed by atoms with van der Waals surface area (Å²) in [4.78, 5) is 17.5. The second-order valence-electron chi connectivity index (χ2n) is 4.51. The van der Waals surface area contributed by atoms with Crippen LogP contribution in [0.2, 0.25) is 0 Å². The van der Waals surface area contributed by atoms with Crippen LogP contribution in [0.1, 0.15) is 22.8 Å². The van der Waals surface area contributed by atoms with E-state index in [1.165, 1.54) is 0 Å². The third-order valence-electron chi connectivity index (χ3n) is 2.99. The van der Waals surface area contributed by atoms with Crippen molar-refractivity contribution < 1.29 is 9.53 Å². The van der Waals surface area contributed by atoms with Gasteiger partial charge in [-0.2, -0.15) is 0 Å². The number of rotatable bonds is 6. The molecule has 0 atom stereocenters. The van der Waals surface area contributed by atoms with E-state index < -0.39 is 0 Å². The first-order valence-electron chi connectivity index (χ1n) is 6.87. The lowest BCUT2D eigenvalue weighted by Crippen LogP contribution is -2.23. The fraction of sp³-hybridized carbons (Fsp3) is 0.333. The molecular formula is C15H19N3O2S2. The number of aryl methyl sites for hydroxylation is 1. The van der Waals surface area contributed by atoms with Crippen LogP contribution in [0.5, 0.6) is 5.75 Å². The molecule has 22 heavy (non-hydrogen) atoms. The van der Waals surface area contributed by atoms with Crippen LogP contribution in [-0.2, 0) is 0 Å². The number of hydrogen-bond donors (Lipinski definition) is 2. The molecule has 7 heteroatoms. The molecule has 0 aliphatic heterocycles. The van der Waals surface area contributed by atoms with E-state index in [0.29, 0.717) is 17.9 Å². The molecule has 0 aliphatic carbocycles. The summed E-state index contributed by atoms with van der Waals surface area (Å²) in [6, 6.07) is 3.77. The Balaban J connectivity index is 2.34. The zero-order chi connectivity index (χ0) is 16.1. The van der Waals surface area contributed by atoms with Gasteiger partial charge in [0.05, 0.1) is 23.1 Å². The number of amides is 1. The third kappa shape index (κ3) is 3.72. The number of hydrogen-bond acceptors (Lipinski definition) is 6. The van der Waals surface area contributed by atoms with E-state index in [0.717, 1.165) is 19.8 Å². The van der Waals surface area contributed by atoms with E-state index in [4.69, 9.17) is 4.74 Å². The molecule has 118 valence electrons. The highest BCUT2D eigenvalue weighted by atomic mass is 32.2. The van der Waals surface area contributed by atoms with Gasteiger partial charge in [0.1, 0.15) is 5.75 Å². The average Bonchev–Trinajstić information content (AvgIpc) is 2.96. The SMILES string of the molecule is CCNC(=O)c1cc(Sc2cnc(NC)s2)c(C)cc1OC. The van der Waals surface area contributed by atoms with Crippen LogP contribution in [0.25, 0.3) is 0 Å². The van der Waals surface area contributed by atoms with Gasteiger partial charge in [0.15, 0.2) is 5.13 Å². The van der Waals surface area contributed by atoms with Gasteiger partial charge in [-0.1, -0.05) is 23.1 Å². The quantitative estimate of drug-likeness (QED) is 0.846. The summed E-state index contributed by atoms with van der Waals surface area (Å²) < 4.78 is 6.40. The summed E-state index contributed by atoms with van der Waals surface area (Å²) in [7, 11) is 3.42. The van der Waals surface area contributed by atoms with Crippen molar-refractivity contribution in [3.05, 3.63) is 29.5 Å². The highest BCUT2D eigenvalue weighted by Crippen LogP contribution is 2.38. The maximum atomic E-state index is 12.2. The van der Waals surface area contributed by atoms with Gasteiger partial charge in [-0.25, -0.2) is 4.98 Å². The first kappa shape index (κ1) is 16.6. The number of carbonyl (C=O) groups excluding carboxylic acids is 1. The summed E-state index contributed by atoms with van der Waals surface area (Å²) in [6.45, 7) is 4.48. The molecule has 0 fully saturated rings. The van der Waals surface area contributed by atoms with Crippen molar-refractivity contribution in [2.45, 2.75) is 23.0 Å². The Morgan fingerprint density at radius 2 is 2.23 bits per heavy atom. The predicted octanol–water partition coefficient (Wildman–Crippen LogP) is 3.40. The Bertz CT molecular complexity index is 671. The molecule has 2 rings (SSSR count). The van der Waals surface area contributed by atoms with Crippen LogP contribution in [0, 0.1) is 6.92 Å². The smallest absolute Gasteiger partial charge is 0.255 e. The van der Waals surface area contributed by atoms with E-state index in [2.05, 4.69) is 15.6 Å². The Kier molecular flexibility index (Phi) is 5.68. The Morgan fingerprint density at radius 3 is 2.82 bits per heavy atom. The largest absolute Gasteiger partial charge is 0.496 e. The summed E-state index contributed by atoms with van der Waals surface area (Å²) in [5.41, 5.74) is 1.62. The second kappa shape index (κ2) is 7.51. The number of nitrogens with zero attached hydrogens (tertiary/aromatic N) is 1. The summed E-state index contributed by atoms with van der Waals surface area (Å²) in [5.74, 6) is 0.467. The topological polar surface area (TPSA) is 63.2 Å². The number of methoxy groups -OCH3 is 1. The molecule has 0 bridgehead atoms. The molecule has 0 aliphatic rings. The Hall–Kier alpha value is -1.73. The number of anilines is 1. The lowest BCUT2D eigenvalue weighted by Gasteiger charge is -2.12. The molecule has 0 saturated heterocycles. The number of benzene rings is 1. The van der Waals surface area contributed by atoms with Crippen molar-refractivity contribution >= 4 is 34.1 Å². The van der Waals surface area contributed by atoms with E-state index >= 15 is 0 Å². The fourth-order valence-corrected chi connectivity index (χ4v) is 3.80. The molecule has 0 unspecified atom stereocenters. The first-order valence-corrected chi connectivity index (χ1v) is 8.50. The minimum atomic E-state index is -0.124. The van der Waals surface area contributed by atoms with Crippen LogP contribution in [0.4, 0.5) is 5.13 Å². The first-order chi connectivity index (χ1) is 10.6. The molecule has 0 radical (unpaired) electrons. The van der Waals surface area contributed by atoms with Crippen molar-refractivity contribution in [3.63, 3.8) is 0 Å². The molecular weight excluding hydrogens is 318 g/mol. The lowest BCUT2D eigenvalue weighted by molar-refractivity contribution is 0.0952. The van der Waals surface area contributed by atoms with Crippen LogP contribution in [0.3, 0.4) is 0 Å². The Labute approximate surface area is 138 Å². The highest BCUT2D eigenvalue weighted by molar-refractivity contribution is 8.01. The molecule has 0 spiro atoms. The molecule has 5 nitrogen and oxygen atoms in total. The maximum Gasteiger partial charge on any atom is 0.255 e. The van der Waals surface area contributed by atoms with E-state index in [9.17, 15) is 4.79 Å². The van der Waals surface area contributed by atoms with E-state index in [-0.39, 0.29) is 5.91 Å². The normalized spacial score (nSPS) is 10.4. The molecule has 0 saturated carbocycles. The van der Waals surface area contributed by atoms with Crippen molar-refractivity contribution in [1.29, 1.82) is 0 Å². The molecule has 1 aromatic heterocycles. The predicted molar refractivity (Wildman–Crippen MR) is 91.5 cm³/mol. The standard InChI is InChI=1S/C15H19N3O2S2/c1-5-17-14(19)10-7-12(9(2)6-11(10)20-4)21-13-8-18-15(16-3)22-13/h6-8H,5H2,1-4H3,(H,16,18)(H,17,19). The lowest BCUT2D eigenvalue weighted by atomic mass is 10.1. The third-order valence-corrected chi connectivity index (χ3v) is 5.26. The Morgan fingerprint density at radius 1 is 1.45 bits per heavy atom. The van der Waals surface area contributed by atoms with Gasteiger partial charge in [-0.3, -0.25) is 4.79 Å². The number of carbonyl (C=O) groups is 1. The minimum Gasteiger partial charge on any atom is -0.496 e. The van der Waals surface area contributed by atoms with Crippen molar-refractivity contribution in [1.82, 2.24) is 10.3 Å². The monoisotopic (exact) mass is 337 g/mol. The second-order valence-corrected chi connectivity index (χ2v) is 6.89. The molecule has 2 aromatic rings. The van der Waals surface area contributed by atoms with Crippen LogP contribution < -0.4 is 15.4 Å². The number of ether oxygens (including phenoxy) is 1. The van der Waals surface area contributed by atoms with Gasteiger partial charge in [0.2, 0.25) is 0 Å².